The number of fused-ring (bicyclic) bond motifs is 1. The van der Waals surface area contributed by atoms with Crippen LogP contribution in [0.4, 0.5) is 5.69 Å². The first-order chi connectivity index (χ1) is 10.0. The molecule has 2 aromatic carbocycles. The third-order valence-corrected chi connectivity index (χ3v) is 6.85. The van der Waals surface area contributed by atoms with E-state index in [1.165, 1.54) is 28.5 Å². The molecule has 1 nitrogen and oxygen atoms in total. The summed E-state index contributed by atoms with van der Waals surface area (Å²) in [5.74, 6) is 0. The third-order valence-electron chi connectivity index (χ3n) is 3.18. The first-order valence-corrected chi connectivity index (χ1v) is 12.8. The molecule has 0 radical (unpaired) electrons. The number of hydrogen-bond acceptors (Lipinski definition) is 2. The molecule has 0 heterocycles. The van der Waals surface area contributed by atoms with Gasteiger partial charge < -0.3 is 0 Å². The van der Waals surface area contributed by atoms with Crippen molar-refractivity contribution < 1.29 is 0 Å². The van der Waals surface area contributed by atoms with Crippen molar-refractivity contribution in [2.75, 3.05) is 0 Å². The Balaban J connectivity index is 2.43. The van der Waals surface area contributed by atoms with Gasteiger partial charge in [-0.2, -0.15) is 11.2 Å². The molecule has 0 aromatic heterocycles. The van der Waals surface area contributed by atoms with Crippen LogP contribution in [0.15, 0.2) is 46.3 Å². The molecule has 0 atom stereocenters. The van der Waals surface area contributed by atoms with Crippen molar-refractivity contribution in [3.63, 3.8) is 0 Å². The average Bonchev–Trinajstić information content (AvgIpc) is 2.42. The Morgan fingerprint density at radius 1 is 1.10 bits per heavy atom. The molecule has 3 heteroatoms. The first kappa shape index (κ1) is 16.3. The van der Waals surface area contributed by atoms with E-state index in [0.717, 1.165) is 12.1 Å². The number of benzene rings is 2. The molecule has 0 fully saturated rings. The zero-order valence-corrected chi connectivity index (χ0v) is 15.3. The van der Waals surface area contributed by atoms with Crippen molar-refractivity contribution >= 4 is 41.1 Å². The Morgan fingerprint density at radius 2 is 1.81 bits per heavy atom. The molecule has 0 spiro atoms. The molecule has 0 bridgehead atoms. The average molecular weight is 316 g/mol. The third kappa shape index (κ3) is 4.72. The van der Waals surface area contributed by atoms with Crippen LogP contribution in [0.3, 0.4) is 0 Å². The van der Waals surface area contributed by atoms with Crippen molar-refractivity contribution in [3.8, 4) is 0 Å². The molecule has 2 rings (SSSR count). The van der Waals surface area contributed by atoms with Gasteiger partial charge in [0.25, 0.3) is 0 Å². The predicted molar refractivity (Wildman–Crippen MR) is 101 cm³/mol. The van der Waals surface area contributed by atoms with E-state index in [2.05, 4.69) is 80.4 Å². The maximum atomic E-state index is 4.74. The van der Waals surface area contributed by atoms with Gasteiger partial charge in [0.1, 0.15) is 7.22 Å². The molecule has 112 valence electrons. The van der Waals surface area contributed by atoms with E-state index in [1.54, 1.807) is 0 Å². The lowest BCUT2D eigenvalue weighted by Gasteiger charge is -2.17. The van der Waals surface area contributed by atoms with E-state index in [-0.39, 0.29) is 0 Å². The van der Waals surface area contributed by atoms with E-state index < -0.39 is 7.22 Å². The highest BCUT2D eigenvalue weighted by Crippen LogP contribution is 2.38. The minimum absolute atomic E-state index is 1.07. The Morgan fingerprint density at radius 3 is 2.48 bits per heavy atom. The number of nitrogens with zero attached hydrogens (tertiary/aromatic N) is 1. The van der Waals surface area contributed by atoms with Crippen LogP contribution in [-0.4, -0.2) is 13.4 Å². The fourth-order valence-electron chi connectivity index (χ4n) is 2.27. The second-order valence-electron chi connectivity index (χ2n) is 6.30. The highest BCUT2D eigenvalue weighted by molar-refractivity contribution is 8.28. The number of rotatable bonds is 6. The Labute approximate surface area is 133 Å². The standard InChI is InChI=1S/C18H25NSSi/c1-5-6-7-14-19-16-12-8-10-15-11-9-13-17(18(15)16)20-21(2,3)4/h8-14H,5-7H2,1-4H3. The smallest absolute Gasteiger partial charge is 0.114 e. The van der Waals surface area contributed by atoms with Crippen LogP contribution in [0.2, 0.25) is 19.6 Å². The molecule has 0 unspecified atom stereocenters. The number of hydrogen-bond donors (Lipinski definition) is 0. The molecule has 0 aliphatic heterocycles. The minimum atomic E-state index is -1.22. The number of unbranched alkanes of at least 4 members (excludes halogenated alkanes) is 2. The van der Waals surface area contributed by atoms with E-state index in [4.69, 9.17) is 4.99 Å². The lowest BCUT2D eigenvalue weighted by Crippen LogP contribution is -2.13. The van der Waals surface area contributed by atoms with Gasteiger partial charge in [-0.15, -0.1) is 0 Å². The maximum absolute atomic E-state index is 4.74. The quantitative estimate of drug-likeness (QED) is 0.330. The van der Waals surface area contributed by atoms with E-state index in [1.807, 2.05) is 0 Å². The van der Waals surface area contributed by atoms with E-state index in [9.17, 15) is 0 Å². The monoisotopic (exact) mass is 315 g/mol. The molecule has 0 saturated heterocycles. The SMILES string of the molecule is CCCCC=Nc1cccc2cccc(S[Si](C)(C)C)c12. The number of aliphatic imine (C=N–C) groups is 1. The van der Waals surface area contributed by atoms with Gasteiger partial charge in [0.2, 0.25) is 0 Å². The molecule has 0 saturated carbocycles. The van der Waals surface area contributed by atoms with Crippen LogP contribution in [-0.2, 0) is 0 Å². The normalized spacial score (nSPS) is 12.4. The van der Waals surface area contributed by atoms with Gasteiger partial charge in [-0.05, 0) is 30.4 Å². The van der Waals surface area contributed by atoms with Gasteiger partial charge in [0, 0.05) is 16.5 Å². The van der Waals surface area contributed by atoms with Gasteiger partial charge in [-0.25, -0.2) is 0 Å². The Hall–Kier alpha value is -1.06. The largest absolute Gasteiger partial charge is 0.261 e. The van der Waals surface area contributed by atoms with Crippen LogP contribution in [0.1, 0.15) is 26.2 Å². The van der Waals surface area contributed by atoms with Gasteiger partial charge in [-0.3, -0.25) is 4.99 Å². The fourth-order valence-corrected chi connectivity index (χ4v) is 5.89. The highest BCUT2D eigenvalue weighted by atomic mass is 32.4. The molecular formula is C18H25NSSi. The summed E-state index contributed by atoms with van der Waals surface area (Å²) < 4.78 is 0. The van der Waals surface area contributed by atoms with Gasteiger partial charge in [0.05, 0.1) is 5.69 Å². The molecule has 2 aromatic rings. The van der Waals surface area contributed by atoms with Gasteiger partial charge >= 0.3 is 0 Å². The molecule has 0 aliphatic carbocycles. The second-order valence-corrected chi connectivity index (χ2v) is 15.5. The summed E-state index contributed by atoms with van der Waals surface area (Å²) in [5.41, 5.74) is 1.12. The summed E-state index contributed by atoms with van der Waals surface area (Å²) in [7, 11) is -1.22. The first-order valence-electron chi connectivity index (χ1n) is 7.74. The summed E-state index contributed by atoms with van der Waals surface area (Å²) in [6.45, 7) is 9.39. The van der Waals surface area contributed by atoms with Crippen molar-refractivity contribution in [1.82, 2.24) is 0 Å². The molecule has 0 amide bonds. The zero-order chi connectivity index (χ0) is 15.3. The van der Waals surface area contributed by atoms with Gasteiger partial charge in [-0.1, -0.05) is 57.3 Å². The predicted octanol–water partition coefficient (Wildman–Crippen LogP) is 6.66. The minimum Gasteiger partial charge on any atom is -0.261 e. The van der Waals surface area contributed by atoms with Crippen molar-refractivity contribution in [3.05, 3.63) is 36.4 Å². The zero-order valence-electron chi connectivity index (χ0n) is 13.5. The second kappa shape index (κ2) is 7.28. The lowest BCUT2D eigenvalue weighted by molar-refractivity contribution is 0.843. The summed E-state index contributed by atoms with van der Waals surface area (Å²) in [5, 5.41) is 2.61. The molecule has 0 aliphatic rings. The Kier molecular flexibility index (Phi) is 5.65. The van der Waals surface area contributed by atoms with E-state index >= 15 is 0 Å². The van der Waals surface area contributed by atoms with Crippen molar-refractivity contribution in [1.29, 1.82) is 0 Å². The molecule has 0 N–H and O–H groups in total. The van der Waals surface area contributed by atoms with Crippen molar-refractivity contribution in [2.45, 2.75) is 50.7 Å². The topological polar surface area (TPSA) is 12.4 Å². The summed E-state index contributed by atoms with van der Waals surface area (Å²) >= 11 is 2.05. The molecular weight excluding hydrogens is 290 g/mol. The van der Waals surface area contributed by atoms with Crippen LogP contribution in [0.5, 0.6) is 0 Å². The van der Waals surface area contributed by atoms with Crippen LogP contribution < -0.4 is 0 Å². The van der Waals surface area contributed by atoms with Crippen LogP contribution >= 0.6 is 11.2 Å². The summed E-state index contributed by atoms with van der Waals surface area (Å²) in [4.78, 5) is 6.12. The Bertz CT molecular complexity index is 623. The lowest BCUT2D eigenvalue weighted by atomic mass is 10.1. The fraction of sp³-hybridized carbons (Fsp3) is 0.389. The van der Waals surface area contributed by atoms with E-state index in [0.29, 0.717) is 0 Å². The summed E-state index contributed by atoms with van der Waals surface area (Å²) in [6, 6.07) is 13.0. The van der Waals surface area contributed by atoms with Gasteiger partial charge in [0.15, 0.2) is 0 Å². The maximum Gasteiger partial charge on any atom is 0.114 e. The summed E-state index contributed by atoms with van der Waals surface area (Å²) in [6.07, 6.45) is 5.58. The van der Waals surface area contributed by atoms with Crippen molar-refractivity contribution in [2.24, 2.45) is 4.99 Å². The van der Waals surface area contributed by atoms with Crippen LogP contribution in [0, 0.1) is 0 Å². The van der Waals surface area contributed by atoms with Crippen LogP contribution in [0.25, 0.3) is 10.8 Å². The molecule has 21 heavy (non-hydrogen) atoms. The highest BCUT2D eigenvalue weighted by Gasteiger charge is 2.17.